The number of benzene rings is 1. The van der Waals surface area contributed by atoms with Gasteiger partial charge in [0.15, 0.2) is 0 Å². The summed E-state index contributed by atoms with van der Waals surface area (Å²) in [6.45, 7) is 6.82. The Bertz CT molecular complexity index is 647. The van der Waals surface area contributed by atoms with Gasteiger partial charge in [-0.25, -0.2) is 0 Å². The van der Waals surface area contributed by atoms with Gasteiger partial charge in [-0.3, -0.25) is 9.78 Å². The number of aromatic nitrogens is 1. The lowest BCUT2D eigenvalue weighted by molar-refractivity contribution is 0.0934. The van der Waals surface area contributed by atoms with Gasteiger partial charge in [0.1, 0.15) is 5.69 Å². The average Bonchev–Trinajstić information content (AvgIpc) is 2.44. The Morgan fingerprint density at radius 2 is 1.90 bits per heavy atom. The normalized spacial score (nSPS) is 11.2. The van der Waals surface area contributed by atoms with Crippen molar-refractivity contribution in [1.29, 1.82) is 0 Å². The van der Waals surface area contributed by atoms with E-state index >= 15 is 0 Å². The van der Waals surface area contributed by atoms with Gasteiger partial charge in [0.2, 0.25) is 0 Å². The number of rotatable bonds is 3. The summed E-state index contributed by atoms with van der Waals surface area (Å²) >= 11 is 6.00. The standard InChI is InChI=1S/C17H19ClN2O/c1-17(2,3)11-20-16(21)15-10-13(7-8-19-15)12-5-4-6-14(18)9-12/h4-10H,11H2,1-3H3,(H,20,21). The molecular weight excluding hydrogens is 284 g/mol. The van der Waals surface area contributed by atoms with E-state index in [1.807, 2.05) is 30.3 Å². The smallest absolute Gasteiger partial charge is 0.269 e. The molecule has 1 aromatic heterocycles. The van der Waals surface area contributed by atoms with E-state index in [1.54, 1.807) is 12.3 Å². The molecule has 0 radical (unpaired) electrons. The van der Waals surface area contributed by atoms with Crippen molar-refractivity contribution in [2.75, 3.05) is 6.54 Å². The van der Waals surface area contributed by atoms with Gasteiger partial charge in [-0.1, -0.05) is 44.5 Å². The molecule has 0 aliphatic carbocycles. The van der Waals surface area contributed by atoms with E-state index in [0.717, 1.165) is 11.1 Å². The maximum atomic E-state index is 12.1. The molecule has 1 heterocycles. The van der Waals surface area contributed by atoms with Crippen LogP contribution in [0.15, 0.2) is 42.6 Å². The minimum atomic E-state index is -0.159. The number of carbonyl (C=O) groups excluding carboxylic acids is 1. The first-order valence-corrected chi connectivity index (χ1v) is 7.23. The zero-order valence-corrected chi connectivity index (χ0v) is 13.2. The quantitative estimate of drug-likeness (QED) is 0.924. The molecule has 0 unspecified atom stereocenters. The molecule has 0 aliphatic rings. The highest BCUT2D eigenvalue weighted by Crippen LogP contribution is 2.22. The van der Waals surface area contributed by atoms with Crippen LogP contribution in [0.4, 0.5) is 0 Å². The fraction of sp³-hybridized carbons (Fsp3) is 0.294. The second-order valence-electron chi connectivity index (χ2n) is 6.18. The van der Waals surface area contributed by atoms with Crippen LogP contribution in [0.1, 0.15) is 31.3 Å². The Balaban J connectivity index is 2.20. The van der Waals surface area contributed by atoms with E-state index in [9.17, 15) is 4.79 Å². The zero-order valence-electron chi connectivity index (χ0n) is 12.5. The number of hydrogen-bond donors (Lipinski definition) is 1. The summed E-state index contributed by atoms with van der Waals surface area (Å²) in [5.74, 6) is -0.159. The van der Waals surface area contributed by atoms with Crippen LogP contribution >= 0.6 is 11.6 Å². The van der Waals surface area contributed by atoms with Crippen molar-refractivity contribution in [3.63, 3.8) is 0 Å². The maximum Gasteiger partial charge on any atom is 0.269 e. The van der Waals surface area contributed by atoms with Crippen LogP contribution in [0.3, 0.4) is 0 Å². The molecule has 2 rings (SSSR count). The molecule has 0 saturated carbocycles. The summed E-state index contributed by atoms with van der Waals surface area (Å²) < 4.78 is 0. The number of carbonyl (C=O) groups is 1. The van der Waals surface area contributed by atoms with Crippen molar-refractivity contribution in [3.05, 3.63) is 53.3 Å². The van der Waals surface area contributed by atoms with Gasteiger partial charge in [0, 0.05) is 17.8 Å². The Morgan fingerprint density at radius 1 is 1.19 bits per heavy atom. The molecule has 0 spiro atoms. The van der Waals surface area contributed by atoms with Gasteiger partial charge in [-0.2, -0.15) is 0 Å². The Morgan fingerprint density at radius 3 is 2.57 bits per heavy atom. The van der Waals surface area contributed by atoms with Gasteiger partial charge < -0.3 is 5.32 Å². The van der Waals surface area contributed by atoms with Gasteiger partial charge >= 0.3 is 0 Å². The largest absolute Gasteiger partial charge is 0.350 e. The second kappa shape index (κ2) is 6.27. The van der Waals surface area contributed by atoms with Crippen molar-refractivity contribution in [2.24, 2.45) is 5.41 Å². The van der Waals surface area contributed by atoms with Crippen molar-refractivity contribution in [3.8, 4) is 11.1 Å². The predicted octanol–water partition coefficient (Wildman–Crippen LogP) is 4.18. The zero-order chi connectivity index (χ0) is 15.5. The Hall–Kier alpha value is -1.87. The third-order valence-corrected chi connectivity index (χ3v) is 3.16. The van der Waals surface area contributed by atoms with Crippen LogP contribution in [0.5, 0.6) is 0 Å². The Kier molecular flexibility index (Phi) is 4.63. The van der Waals surface area contributed by atoms with Crippen molar-refractivity contribution in [2.45, 2.75) is 20.8 Å². The lowest BCUT2D eigenvalue weighted by Gasteiger charge is -2.18. The number of halogens is 1. The first-order valence-electron chi connectivity index (χ1n) is 6.85. The summed E-state index contributed by atoms with van der Waals surface area (Å²) in [4.78, 5) is 16.3. The van der Waals surface area contributed by atoms with Gasteiger partial charge in [0.25, 0.3) is 5.91 Å². The highest BCUT2D eigenvalue weighted by atomic mass is 35.5. The van der Waals surface area contributed by atoms with Gasteiger partial charge in [0.05, 0.1) is 0 Å². The van der Waals surface area contributed by atoms with E-state index < -0.39 is 0 Å². The molecule has 0 bridgehead atoms. The third kappa shape index (κ3) is 4.57. The number of hydrogen-bond acceptors (Lipinski definition) is 2. The highest BCUT2D eigenvalue weighted by Gasteiger charge is 2.14. The summed E-state index contributed by atoms with van der Waals surface area (Å²) in [6, 6.07) is 11.2. The molecule has 2 aromatic rings. The van der Waals surface area contributed by atoms with E-state index in [4.69, 9.17) is 11.6 Å². The molecule has 3 nitrogen and oxygen atoms in total. The molecule has 110 valence electrons. The summed E-state index contributed by atoms with van der Waals surface area (Å²) in [7, 11) is 0. The second-order valence-corrected chi connectivity index (χ2v) is 6.62. The van der Waals surface area contributed by atoms with Gasteiger partial charge in [-0.15, -0.1) is 0 Å². The van der Waals surface area contributed by atoms with Crippen LogP contribution < -0.4 is 5.32 Å². The summed E-state index contributed by atoms with van der Waals surface area (Å²) in [5, 5.41) is 3.57. The number of nitrogens with zero attached hydrogens (tertiary/aromatic N) is 1. The summed E-state index contributed by atoms with van der Waals surface area (Å²) in [6.07, 6.45) is 1.64. The molecule has 1 N–H and O–H groups in total. The van der Waals surface area contributed by atoms with E-state index in [2.05, 4.69) is 31.1 Å². The van der Waals surface area contributed by atoms with Crippen molar-refractivity contribution < 1.29 is 4.79 Å². The monoisotopic (exact) mass is 302 g/mol. The van der Waals surface area contributed by atoms with Crippen LogP contribution in [-0.4, -0.2) is 17.4 Å². The van der Waals surface area contributed by atoms with E-state index in [1.165, 1.54) is 0 Å². The molecule has 0 saturated heterocycles. The molecular formula is C17H19ClN2O. The van der Waals surface area contributed by atoms with Crippen LogP contribution in [0.2, 0.25) is 5.02 Å². The number of nitrogens with one attached hydrogen (secondary N) is 1. The minimum Gasteiger partial charge on any atom is -0.350 e. The lowest BCUT2D eigenvalue weighted by atomic mass is 9.97. The molecule has 0 aliphatic heterocycles. The average molecular weight is 303 g/mol. The Labute approximate surface area is 130 Å². The molecule has 1 amide bonds. The minimum absolute atomic E-state index is 0.0419. The predicted molar refractivity (Wildman–Crippen MR) is 86.5 cm³/mol. The number of amides is 1. The van der Waals surface area contributed by atoms with Crippen LogP contribution in [-0.2, 0) is 0 Å². The molecule has 0 fully saturated rings. The first kappa shape index (κ1) is 15.5. The fourth-order valence-corrected chi connectivity index (χ4v) is 2.03. The molecule has 21 heavy (non-hydrogen) atoms. The fourth-order valence-electron chi connectivity index (χ4n) is 1.84. The number of pyridine rings is 1. The van der Waals surface area contributed by atoms with Gasteiger partial charge in [-0.05, 0) is 40.8 Å². The van der Waals surface area contributed by atoms with E-state index in [-0.39, 0.29) is 11.3 Å². The third-order valence-electron chi connectivity index (χ3n) is 2.93. The summed E-state index contributed by atoms with van der Waals surface area (Å²) in [5.41, 5.74) is 2.35. The molecule has 1 aromatic carbocycles. The van der Waals surface area contributed by atoms with Crippen molar-refractivity contribution >= 4 is 17.5 Å². The highest BCUT2D eigenvalue weighted by molar-refractivity contribution is 6.30. The van der Waals surface area contributed by atoms with Crippen LogP contribution in [0, 0.1) is 5.41 Å². The lowest BCUT2D eigenvalue weighted by Crippen LogP contribution is -2.32. The SMILES string of the molecule is CC(C)(C)CNC(=O)c1cc(-c2cccc(Cl)c2)ccn1. The molecule has 4 heteroatoms. The maximum absolute atomic E-state index is 12.1. The molecule has 0 atom stereocenters. The van der Waals surface area contributed by atoms with Crippen LogP contribution in [0.25, 0.3) is 11.1 Å². The van der Waals surface area contributed by atoms with E-state index in [0.29, 0.717) is 17.3 Å². The van der Waals surface area contributed by atoms with Crippen molar-refractivity contribution in [1.82, 2.24) is 10.3 Å². The first-order chi connectivity index (χ1) is 9.85. The topological polar surface area (TPSA) is 42.0 Å².